The van der Waals surface area contributed by atoms with E-state index in [1.807, 2.05) is 6.92 Å². The van der Waals surface area contributed by atoms with E-state index in [9.17, 15) is 19.2 Å². The number of anilines is 2. The fourth-order valence-electron chi connectivity index (χ4n) is 3.89. The number of nitrogens with zero attached hydrogens (tertiary/aromatic N) is 1. The Bertz CT molecular complexity index is 1540. The number of ether oxygens (including phenoxy) is 3. The Morgan fingerprint density at radius 2 is 1.69 bits per heavy atom. The maximum atomic E-state index is 13.4. The predicted octanol–water partition coefficient (Wildman–Crippen LogP) is 5.97. The van der Waals surface area contributed by atoms with E-state index in [-0.39, 0.29) is 23.8 Å². The van der Waals surface area contributed by atoms with Gasteiger partial charge in [0.25, 0.3) is 17.7 Å². The zero-order chi connectivity index (χ0) is 30.2. The third-order valence-corrected chi connectivity index (χ3v) is 6.67. The number of benzene rings is 3. The average molecular weight is 657 g/mol. The molecule has 1 fully saturated rings. The molecule has 0 bridgehead atoms. The summed E-state index contributed by atoms with van der Waals surface area (Å²) >= 11 is 9.26. The van der Waals surface area contributed by atoms with E-state index < -0.39 is 17.8 Å². The summed E-state index contributed by atoms with van der Waals surface area (Å²) in [4.78, 5) is 51.9. The van der Waals surface area contributed by atoms with Gasteiger partial charge in [-0.25, -0.2) is 9.69 Å². The summed E-state index contributed by atoms with van der Waals surface area (Å²) in [6.07, 6.45) is 2.15. The number of hydrogen-bond donors (Lipinski definition) is 2. The van der Waals surface area contributed by atoms with Gasteiger partial charge in [-0.3, -0.25) is 19.7 Å². The van der Waals surface area contributed by atoms with Crippen molar-refractivity contribution in [2.75, 3.05) is 30.0 Å². The summed E-state index contributed by atoms with van der Waals surface area (Å²) in [5, 5.41) is 5.46. The molecule has 1 heterocycles. The number of hydrogen-bond acceptors (Lipinski definition) is 7. The molecule has 4 rings (SSSR count). The molecule has 1 aliphatic heterocycles. The fraction of sp³-hybridized carbons (Fsp3) is 0.200. The van der Waals surface area contributed by atoms with Crippen molar-refractivity contribution < 1.29 is 33.4 Å². The summed E-state index contributed by atoms with van der Waals surface area (Å²) < 4.78 is 17.4. The molecule has 218 valence electrons. The van der Waals surface area contributed by atoms with Crippen LogP contribution in [0.3, 0.4) is 0 Å². The van der Waals surface area contributed by atoms with Gasteiger partial charge in [0.05, 0.1) is 23.4 Å². The molecule has 1 saturated heterocycles. The normalized spacial score (nSPS) is 14.0. The molecule has 0 atom stereocenters. The standard InChI is InChI=1S/C30H27BrClN3O7/c1-3-13-41-25-12-10-21(16-26(25)40-4-2)35-29(38)22(28(37)34-30(35)39)14-18-5-11-24(23(31)15-18)42-17-27(36)33-20-8-6-19(32)7-9-20/h5-12,14-16H,3-4,13,17H2,1-2H3,(H,33,36)(H,34,37,39)/b22-14+. The zero-order valence-electron chi connectivity index (χ0n) is 22.7. The minimum Gasteiger partial charge on any atom is -0.490 e. The molecular weight excluding hydrogens is 630 g/mol. The molecule has 1 aliphatic rings. The van der Waals surface area contributed by atoms with E-state index in [1.54, 1.807) is 61.5 Å². The SMILES string of the molecule is CCCOc1ccc(N2C(=O)NC(=O)/C(=C\c3ccc(OCC(=O)Nc4ccc(Cl)cc4)c(Br)c3)C2=O)cc1OCC. The molecule has 0 radical (unpaired) electrons. The molecule has 0 aromatic heterocycles. The summed E-state index contributed by atoms with van der Waals surface area (Å²) in [7, 11) is 0. The number of carbonyl (C=O) groups excluding carboxylic acids is 4. The molecule has 0 spiro atoms. The molecule has 10 nitrogen and oxygen atoms in total. The van der Waals surface area contributed by atoms with E-state index in [2.05, 4.69) is 26.6 Å². The lowest BCUT2D eigenvalue weighted by molar-refractivity contribution is -0.122. The van der Waals surface area contributed by atoms with Gasteiger partial charge in [0, 0.05) is 16.8 Å². The van der Waals surface area contributed by atoms with Crippen LogP contribution < -0.4 is 29.7 Å². The second-order valence-corrected chi connectivity index (χ2v) is 10.2. The van der Waals surface area contributed by atoms with Crippen molar-refractivity contribution in [2.24, 2.45) is 0 Å². The van der Waals surface area contributed by atoms with Gasteiger partial charge < -0.3 is 19.5 Å². The van der Waals surface area contributed by atoms with Gasteiger partial charge in [-0.05, 0) is 89.4 Å². The fourth-order valence-corrected chi connectivity index (χ4v) is 4.53. The Kier molecular flexibility index (Phi) is 10.2. The van der Waals surface area contributed by atoms with Crippen LogP contribution in [-0.4, -0.2) is 43.6 Å². The van der Waals surface area contributed by atoms with Crippen LogP contribution in [-0.2, 0) is 14.4 Å². The summed E-state index contributed by atoms with van der Waals surface area (Å²) in [5.41, 5.74) is 1.02. The highest BCUT2D eigenvalue weighted by Crippen LogP contribution is 2.34. The van der Waals surface area contributed by atoms with Crippen LogP contribution in [0.1, 0.15) is 25.8 Å². The Balaban J connectivity index is 1.50. The molecule has 0 saturated carbocycles. The maximum absolute atomic E-state index is 13.4. The van der Waals surface area contributed by atoms with Crippen LogP contribution in [0.4, 0.5) is 16.2 Å². The second kappa shape index (κ2) is 14.0. The zero-order valence-corrected chi connectivity index (χ0v) is 25.1. The van der Waals surface area contributed by atoms with Crippen molar-refractivity contribution in [3.63, 3.8) is 0 Å². The number of nitrogens with one attached hydrogen (secondary N) is 2. The van der Waals surface area contributed by atoms with Gasteiger partial charge in [-0.15, -0.1) is 0 Å². The topological polar surface area (TPSA) is 123 Å². The van der Waals surface area contributed by atoms with Crippen molar-refractivity contribution in [3.05, 3.63) is 81.3 Å². The minimum atomic E-state index is -0.881. The molecule has 12 heteroatoms. The highest BCUT2D eigenvalue weighted by atomic mass is 79.9. The van der Waals surface area contributed by atoms with E-state index >= 15 is 0 Å². The largest absolute Gasteiger partial charge is 0.490 e. The molecule has 5 amide bonds. The number of barbiturate groups is 1. The van der Waals surface area contributed by atoms with Gasteiger partial charge in [0.15, 0.2) is 18.1 Å². The monoisotopic (exact) mass is 655 g/mol. The van der Waals surface area contributed by atoms with Crippen molar-refractivity contribution >= 4 is 68.7 Å². The Hall–Kier alpha value is -4.35. The molecule has 0 unspecified atom stereocenters. The van der Waals surface area contributed by atoms with Crippen LogP contribution in [0.5, 0.6) is 17.2 Å². The number of halogens is 2. The number of urea groups is 1. The van der Waals surface area contributed by atoms with Crippen molar-refractivity contribution in [3.8, 4) is 17.2 Å². The molecule has 3 aromatic rings. The van der Waals surface area contributed by atoms with E-state index in [4.69, 9.17) is 25.8 Å². The first-order valence-corrected chi connectivity index (χ1v) is 14.2. The lowest BCUT2D eigenvalue weighted by atomic mass is 10.1. The van der Waals surface area contributed by atoms with Crippen molar-refractivity contribution in [2.45, 2.75) is 20.3 Å². The van der Waals surface area contributed by atoms with Gasteiger partial charge >= 0.3 is 6.03 Å². The summed E-state index contributed by atoms with van der Waals surface area (Å²) in [5.74, 6) is -0.787. The van der Waals surface area contributed by atoms with E-state index in [0.29, 0.717) is 51.2 Å². The van der Waals surface area contributed by atoms with Crippen LogP contribution in [0.25, 0.3) is 6.08 Å². The van der Waals surface area contributed by atoms with E-state index in [1.165, 1.54) is 12.1 Å². The van der Waals surface area contributed by atoms with Gasteiger partial charge in [0.2, 0.25) is 0 Å². The maximum Gasteiger partial charge on any atom is 0.335 e. The van der Waals surface area contributed by atoms with Crippen LogP contribution in [0, 0.1) is 0 Å². The molecular formula is C30H27BrClN3O7. The molecule has 2 N–H and O–H groups in total. The van der Waals surface area contributed by atoms with Crippen LogP contribution >= 0.6 is 27.5 Å². The lowest BCUT2D eigenvalue weighted by Crippen LogP contribution is -2.54. The summed E-state index contributed by atoms with van der Waals surface area (Å²) in [6.45, 7) is 4.33. The third-order valence-electron chi connectivity index (χ3n) is 5.80. The minimum absolute atomic E-state index is 0.213. The third kappa shape index (κ3) is 7.48. The van der Waals surface area contributed by atoms with Crippen LogP contribution in [0.15, 0.2) is 70.7 Å². The first kappa shape index (κ1) is 30.6. The average Bonchev–Trinajstić information content (AvgIpc) is 2.95. The number of rotatable bonds is 11. The molecule has 42 heavy (non-hydrogen) atoms. The Morgan fingerprint density at radius 1 is 0.952 bits per heavy atom. The predicted molar refractivity (Wildman–Crippen MR) is 162 cm³/mol. The van der Waals surface area contributed by atoms with Crippen molar-refractivity contribution in [1.29, 1.82) is 0 Å². The quantitative estimate of drug-likeness (QED) is 0.192. The number of carbonyl (C=O) groups is 4. The van der Waals surface area contributed by atoms with E-state index in [0.717, 1.165) is 11.3 Å². The first-order chi connectivity index (χ1) is 20.2. The van der Waals surface area contributed by atoms with Gasteiger partial charge in [0.1, 0.15) is 11.3 Å². The molecule has 3 aromatic carbocycles. The number of amides is 5. The Labute approximate surface area is 255 Å². The Morgan fingerprint density at radius 3 is 2.38 bits per heavy atom. The van der Waals surface area contributed by atoms with Crippen LogP contribution in [0.2, 0.25) is 5.02 Å². The second-order valence-electron chi connectivity index (χ2n) is 8.90. The highest BCUT2D eigenvalue weighted by molar-refractivity contribution is 9.10. The summed E-state index contributed by atoms with van der Waals surface area (Å²) in [6, 6.07) is 15.3. The van der Waals surface area contributed by atoms with Crippen molar-refractivity contribution in [1.82, 2.24) is 5.32 Å². The lowest BCUT2D eigenvalue weighted by Gasteiger charge is -2.27. The first-order valence-electron chi connectivity index (χ1n) is 13.0. The highest BCUT2D eigenvalue weighted by Gasteiger charge is 2.37. The molecule has 0 aliphatic carbocycles. The smallest absolute Gasteiger partial charge is 0.335 e. The van der Waals surface area contributed by atoms with Gasteiger partial charge in [-0.1, -0.05) is 24.6 Å². The number of imide groups is 2. The van der Waals surface area contributed by atoms with Gasteiger partial charge in [-0.2, -0.15) is 0 Å².